The summed E-state index contributed by atoms with van der Waals surface area (Å²) in [6, 6.07) is 0. The first kappa shape index (κ1) is 30.1. The molecule has 1 saturated carbocycles. The lowest BCUT2D eigenvalue weighted by Gasteiger charge is -2.58. The largest absolute Gasteiger partial charge is 0.459 e. The van der Waals surface area contributed by atoms with Crippen LogP contribution in [0, 0.1) is 17.3 Å². The highest BCUT2D eigenvalue weighted by atomic mass is 16.6. The first-order valence-electron chi connectivity index (χ1n) is 13.0. The number of hydrogen-bond donors (Lipinski definition) is 3. The van der Waals surface area contributed by atoms with Crippen molar-refractivity contribution in [2.24, 2.45) is 17.3 Å². The van der Waals surface area contributed by atoms with Crippen LogP contribution in [0.25, 0.3) is 0 Å². The van der Waals surface area contributed by atoms with Gasteiger partial charge in [-0.05, 0) is 24.6 Å². The van der Waals surface area contributed by atoms with E-state index in [1.165, 1.54) is 39.2 Å². The second-order valence-corrected chi connectivity index (χ2v) is 11.1. The Balaban J connectivity index is 2.06. The first-order valence-corrected chi connectivity index (χ1v) is 13.0. The minimum Gasteiger partial charge on any atom is -0.459 e. The van der Waals surface area contributed by atoms with Gasteiger partial charge >= 0.3 is 23.9 Å². The Morgan fingerprint density at radius 2 is 1.65 bits per heavy atom. The van der Waals surface area contributed by atoms with Crippen LogP contribution in [0.15, 0.2) is 23.8 Å². The molecule has 0 aromatic heterocycles. The normalized spacial score (nSPS) is 46.1. The van der Waals surface area contributed by atoms with Gasteiger partial charge in [0.2, 0.25) is 0 Å². The molecule has 40 heavy (non-hydrogen) atoms. The average molecular weight is 569 g/mol. The van der Waals surface area contributed by atoms with E-state index in [-0.39, 0.29) is 13.2 Å². The van der Waals surface area contributed by atoms with Crippen LogP contribution in [0.3, 0.4) is 0 Å². The van der Waals surface area contributed by atoms with Crippen molar-refractivity contribution in [2.45, 2.75) is 82.4 Å². The molecular weight excluding hydrogens is 532 g/mol. The third-order valence-electron chi connectivity index (χ3n) is 8.60. The first-order chi connectivity index (χ1) is 18.6. The van der Waals surface area contributed by atoms with Gasteiger partial charge in [-0.3, -0.25) is 19.2 Å². The van der Waals surface area contributed by atoms with E-state index in [2.05, 4.69) is 0 Å². The smallest absolute Gasteiger partial charge is 0.312 e. The van der Waals surface area contributed by atoms with E-state index in [4.69, 9.17) is 28.4 Å². The van der Waals surface area contributed by atoms with E-state index < -0.39 is 89.0 Å². The van der Waals surface area contributed by atoms with Crippen molar-refractivity contribution < 1.29 is 62.9 Å². The number of aliphatic hydroxyl groups is 3. The standard InChI is InChI=1S/C27H36O13/c1-12-24(33)40-18-9-16(10-35-6)7-8-17(37-13(2)28)25(5)20(23(27(12,18)34)39-15(4)30)26(11-36-26)22(32)19(21(25)31)38-14(3)29/h7-9,12,17-23,31-32,34H,10-11H2,1-6H3/b8-7-,16-9+/t12-,17-,18-,19+,20+,21-,22+,23-,25+,26-,27-/m0/s1. The second kappa shape index (κ2) is 10.5. The van der Waals surface area contributed by atoms with Gasteiger partial charge in [0.15, 0.2) is 17.8 Å². The predicted octanol–water partition coefficient (Wildman–Crippen LogP) is -0.656. The number of carbonyl (C=O) groups excluding carboxylic acids is 4. The van der Waals surface area contributed by atoms with Crippen LogP contribution < -0.4 is 0 Å². The van der Waals surface area contributed by atoms with Crippen LogP contribution in [0.1, 0.15) is 34.6 Å². The van der Waals surface area contributed by atoms with Gasteiger partial charge in [0.05, 0.1) is 19.1 Å². The number of fused-ring (bicyclic) bond motifs is 3. The fraction of sp³-hybridized carbons (Fsp3) is 0.704. The summed E-state index contributed by atoms with van der Waals surface area (Å²) in [6.07, 6.45) is -4.81. The molecule has 11 atom stereocenters. The number of epoxide rings is 1. The number of ether oxygens (including phenoxy) is 6. The van der Waals surface area contributed by atoms with Crippen molar-refractivity contribution in [3.8, 4) is 0 Å². The number of esters is 4. The Kier molecular flexibility index (Phi) is 7.93. The van der Waals surface area contributed by atoms with Crippen LogP contribution in [0.5, 0.6) is 0 Å². The Morgan fingerprint density at radius 3 is 2.17 bits per heavy atom. The van der Waals surface area contributed by atoms with Gasteiger partial charge in [-0.25, -0.2) is 0 Å². The summed E-state index contributed by atoms with van der Waals surface area (Å²) in [4.78, 5) is 49.8. The molecule has 1 spiro atoms. The molecule has 3 fully saturated rings. The zero-order valence-electron chi connectivity index (χ0n) is 23.2. The Labute approximate surface area is 231 Å². The van der Waals surface area contributed by atoms with Crippen molar-refractivity contribution in [3.63, 3.8) is 0 Å². The number of aliphatic hydroxyl groups excluding tert-OH is 2. The molecule has 0 unspecified atom stereocenters. The van der Waals surface area contributed by atoms with E-state index in [0.717, 1.165) is 20.8 Å². The molecule has 2 heterocycles. The summed E-state index contributed by atoms with van der Waals surface area (Å²) in [7, 11) is 1.43. The average Bonchev–Trinajstić information content (AvgIpc) is 3.62. The van der Waals surface area contributed by atoms with Crippen LogP contribution in [-0.2, 0) is 47.6 Å². The van der Waals surface area contributed by atoms with E-state index in [1.807, 2.05) is 0 Å². The molecule has 13 nitrogen and oxygen atoms in total. The third kappa shape index (κ3) is 4.63. The molecule has 2 aliphatic carbocycles. The number of methoxy groups -OCH3 is 1. The van der Waals surface area contributed by atoms with Crippen molar-refractivity contribution in [2.75, 3.05) is 20.3 Å². The molecule has 13 heteroatoms. The van der Waals surface area contributed by atoms with E-state index in [1.54, 1.807) is 0 Å². The maximum absolute atomic E-state index is 12.9. The predicted molar refractivity (Wildman–Crippen MR) is 132 cm³/mol. The van der Waals surface area contributed by atoms with Crippen molar-refractivity contribution in [1.29, 1.82) is 0 Å². The highest BCUT2D eigenvalue weighted by Crippen LogP contribution is 2.61. The lowest BCUT2D eigenvalue weighted by atomic mass is 9.51. The van der Waals surface area contributed by atoms with Crippen molar-refractivity contribution >= 4 is 23.9 Å². The van der Waals surface area contributed by atoms with Gasteiger partial charge in [0, 0.05) is 39.2 Å². The van der Waals surface area contributed by atoms with Gasteiger partial charge in [-0.15, -0.1) is 0 Å². The highest BCUT2D eigenvalue weighted by molar-refractivity contribution is 5.78. The molecule has 222 valence electrons. The molecule has 4 aliphatic rings. The molecule has 4 rings (SSSR count). The van der Waals surface area contributed by atoms with Gasteiger partial charge in [0.25, 0.3) is 0 Å². The van der Waals surface area contributed by atoms with Crippen molar-refractivity contribution in [3.05, 3.63) is 23.8 Å². The third-order valence-corrected chi connectivity index (χ3v) is 8.60. The van der Waals surface area contributed by atoms with E-state index in [0.29, 0.717) is 5.57 Å². The molecule has 3 N–H and O–H groups in total. The minimum atomic E-state index is -2.24. The number of rotatable bonds is 5. The van der Waals surface area contributed by atoms with Crippen molar-refractivity contribution in [1.82, 2.24) is 0 Å². The number of carbonyl (C=O) groups is 4. The van der Waals surface area contributed by atoms with E-state index >= 15 is 0 Å². The summed E-state index contributed by atoms with van der Waals surface area (Å²) in [5.74, 6) is -5.73. The van der Waals surface area contributed by atoms with Gasteiger partial charge in [-0.2, -0.15) is 0 Å². The summed E-state index contributed by atoms with van der Waals surface area (Å²) < 4.78 is 33.5. The SMILES string of the molecule is COCC1=C/[C@@H]2OC(=O)[C@H](C)[C@@]2(O)[C@@H](OC(C)=O)[C@H]2[C@@]3(CO3)[C@H](O)[C@H](OC(C)=O)[C@H](O)[C@]2(C)[C@@H](OC(C)=O)/C=C\1. The molecule has 0 bridgehead atoms. The summed E-state index contributed by atoms with van der Waals surface area (Å²) >= 11 is 0. The lowest BCUT2D eigenvalue weighted by molar-refractivity contribution is -0.273. The monoisotopic (exact) mass is 568 g/mol. The van der Waals surface area contributed by atoms with Crippen LogP contribution in [0.4, 0.5) is 0 Å². The van der Waals surface area contributed by atoms with Gasteiger partial charge in [-0.1, -0.05) is 13.0 Å². The zero-order chi connectivity index (χ0) is 29.8. The second-order valence-electron chi connectivity index (χ2n) is 11.1. The quantitative estimate of drug-likeness (QED) is 0.216. The van der Waals surface area contributed by atoms with Crippen LogP contribution >= 0.6 is 0 Å². The Bertz CT molecular complexity index is 1130. The maximum atomic E-state index is 12.9. The molecule has 0 radical (unpaired) electrons. The highest BCUT2D eigenvalue weighted by Gasteiger charge is 2.79. The Hall–Kier alpha value is -2.84. The number of hydrogen-bond acceptors (Lipinski definition) is 13. The Morgan fingerprint density at radius 1 is 1.05 bits per heavy atom. The summed E-state index contributed by atoms with van der Waals surface area (Å²) in [6.45, 7) is 6.10. The van der Waals surface area contributed by atoms with Crippen LogP contribution in [-0.4, -0.2) is 107 Å². The molecule has 0 aromatic rings. The lowest BCUT2D eigenvalue weighted by Crippen LogP contribution is -2.75. The maximum Gasteiger partial charge on any atom is 0.312 e. The molecule has 2 saturated heterocycles. The van der Waals surface area contributed by atoms with E-state index in [9.17, 15) is 34.5 Å². The van der Waals surface area contributed by atoms with Crippen LogP contribution in [0.2, 0.25) is 0 Å². The summed E-state index contributed by atoms with van der Waals surface area (Å²) in [5, 5.41) is 35.7. The fourth-order valence-electron chi connectivity index (χ4n) is 6.60. The molecule has 2 aliphatic heterocycles. The topological polar surface area (TPSA) is 188 Å². The molecular formula is C27H36O13. The molecule has 0 amide bonds. The van der Waals surface area contributed by atoms with Gasteiger partial charge < -0.3 is 43.7 Å². The fourth-order valence-corrected chi connectivity index (χ4v) is 6.60. The summed E-state index contributed by atoms with van der Waals surface area (Å²) in [5.41, 5.74) is -5.23. The van der Waals surface area contributed by atoms with Gasteiger partial charge in [0.1, 0.15) is 30.0 Å². The molecule has 0 aromatic carbocycles. The minimum absolute atomic E-state index is 0.00936. The zero-order valence-corrected chi connectivity index (χ0v) is 23.2.